The fraction of sp³-hybridized carbons (Fsp3) is 0.0714. The first-order valence-electron chi connectivity index (χ1n) is 5.83. The van der Waals surface area contributed by atoms with E-state index in [0.717, 1.165) is 17.1 Å². The molecule has 0 radical (unpaired) electrons. The zero-order chi connectivity index (χ0) is 13.2. The molecule has 19 heavy (non-hydrogen) atoms. The summed E-state index contributed by atoms with van der Waals surface area (Å²) in [5.74, 6) is -0.0827. The Bertz CT molecular complexity index is 742. The van der Waals surface area contributed by atoms with Crippen LogP contribution in [0.4, 0.5) is 10.3 Å². The number of hydrogen-bond acceptors (Lipinski definition) is 4. The van der Waals surface area contributed by atoms with E-state index in [4.69, 9.17) is 0 Å². The van der Waals surface area contributed by atoms with Gasteiger partial charge in [0.25, 0.3) is 0 Å². The van der Waals surface area contributed by atoms with E-state index in [-0.39, 0.29) is 5.69 Å². The van der Waals surface area contributed by atoms with Crippen LogP contribution in [-0.4, -0.2) is 22.0 Å². The fourth-order valence-corrected chi connectivity index (χ4v) is 1.89. The molecule has 1 aromatic carbocycles. The molecule has 0 spiro atoms. The van der Waals surface area contributed by atoms with Crippen LogP contribution in [-0.2, 0) is 0 Å². The summed E-state index contributed by atoms with van der Waals surface area (Å²) < 4.78 is 13.8. The number of benzene rings is 1. The van der Waals surface area contributed by atoms with Gasteiger partial charge in [0.15, 0.2) is 5.82 Å². The van der Waals surface area contributed by atoms with Crippen LogP contribution in [0.5, 0.6) is 0 Å². The van der Waals surface area contributed by atoms with Gasteiger partial charge in [0, 0.05) is 24.2 Å². The van der Waals surface area contributed by atoms with Crippen LogP contribution < -0.4 is 5.32 Å². The predicted molar refractivity (Wildman–Crippen MR) is 72.3 cm³/mol. The number of pyridine rings is 1. The standard InChI is InChI=1S/C14H11FN4/c1-16-14-18-8-11(15)13(19-14)10-6-9-4-2-3-5-12(9)17-7-10/h2-8H,1H3,(H,16,18,19). The first-order chi connectivity index (χ1) is 9.28. The van der Waals surface area contributed by atoms with Crippen molar-refractivity contribution in [2.75, 3.05) is 12.4 Å². The maximum absolute atomic E-state index is 13.8. The predicted octanol–water partition coefficient (Wildman–Crippen LogP) is 2.87. The number of anilines is 1. The monoisotopic (exact) mass is 254 g/mol. The molecule has 0 aliphatic heterocycles. The van der Waals surface area contributed by atoms with Gasteiger partial charge >= 0.3 is 0 Å². The number of nitrogens with one attached hydrogen (secondary N) is 1. The molecule has 2 aromatic heterocycles. The van der Waals surface area contributed by atoms with Crippen molar-refractivity contribution in [1.29, 1.82) is 0 Å². The molecule has 0 saturated carbocycles. The Morgan fingerprint density at radius 1 is 1.11 bits per heavy atom. The SMILES string of the molecule is CNc1ncc(F)c(-c2cnc3ccccc3c2)n1. The Balaban J connectivity index is 2.18. The molecule has 0 bridgehead atoms. The van der Waals surface area contributed by atoms with Gasteiger partial charge in [-0.15, -0.1) is 0 Å². The Labute approximate surface area is 109 Å². The zero-order valence-electron chi connectivity index (χ0n) is 10.3. The summed E-state index contributed by atoms with van der Waals surface area (Å²) in [7, 11) is 1.69. The van der Waals surface area contributed by atoms with Crippen molar-refractivity contribution >= 4 is 16.9 Å². The quantitative estimate of drug-likeness (QED) is 0.764. The average molecular weight is 254 g/mol. The van der Waals surface area contributed by atoms with Gasteiger partial charge in [-0.3, -0.25) is 4.98 Å². The molecule has 5 heteroatoms. The lowest BCUT2D eigenvalue weighted by molar-refractivity contribution is 0.618. The number of rotatable bonds is 2. The molecule has 1 N–H and O–H groups in total. The molecule has 0 saturated heterocycles. The Morgan fingerprint density at radius 2 is 1.95 bits per heavy atom. The third-order valence-electron chi connectivity index (χ3n) is 2.83. The van der Waals surface area contributed by atoms with E-state index in [1.807, 2.05) is 30.3 Å². The van der Waals surface area contributed by atoms with Gasteiger partial charge in [0.05, 0.1) is 11.7 Å². The molecule has 94 valence electrons. The zero-order valence-corrected chi connectivity index (χ0v) is 10.3. The third-order valence-corrected chi connectivity index (χ3v) is 2.83. The molecule has 2 heterocycles. The van der Waals surface area contributed by atoms with Gasteiger partial charge < -0.3 is 5.32 Å². The van der Waals surface area contributed by atoms with Gasteiger partial charge in [-0.05, 0) is 12.1 Å². The van der Waals surface area contributed by atoms with Crippen LogP contribution in [0.2, 0.25) is 0 Å². The Kier molecular flexibility index (Phi) is 2.79. The smallest absolute Gasteiger partial charge is 0.223 e. The van der Waals surface area contributed by atoms with Crippen LogP contribution in [0.1, 0.15) is 0 Å². The maximum atomic E-state index is 13.8. The molecule has 3 aromatic rings. The van der Waals surface area contributed by atoms with Crippen LogP contribution in [0.15, 0.2) is 42.7 Å². The molecule has 0 amide bonds. The number of hydrogen-bond donors (Lipinski definition) is 1. The number of nitrogens with zero attached hydrogens (tertiary/aromatic N) is 3. The summed E-state index contributed by atoms with van der Waals surface area (Å²) in [5.41, 5.74) is 1.75. The lowest BCUT2D eigenvalue weighted by Gasteiger charge is -2.05. The van der Waals surface area contributed by atoms with E-state index < -0.39 is 5.82 Å². The van der Waals surface area contributed by atoms with E-state index in [1.54, 1.807) is 13.2 Å². The number of halogens is 1. The minimum atomic E-state index is -0.462. The van der Waals surface area contributed by atoms with E-state index in [0.29, 0.717) is 11.5 Å². The minimum Gasteiger partial charge on any atom is -0.357 e. The second-order valence-electron chi connectivity index (χ2n) is 4.06. The van der Waals surface area contributed by atoms with Crippen molar-refractivity contribution in [3.8, 4) is 11.3 Å². The van der Waals surface area contributed by atoms with Crippen LogP contribution in [0.3, 0.4) is 0 Å². The average Bonchev–Trinajstić information content (AvgIpc) is 2.47. The molecule has 0 fully saturated rings. The third kappa shape index (κ3) is 2.10. The first kappa shape index (κ1) is 11.5. The summed E-state index contributed by atoms with van der Waals surface area (Å²) in [5, 5.41) is 3.74. The summed E-state index contributed by atoms with van der Waals surface area (Å²) in [6.45, 7) is 0. The van der Waals surface area contributed by atoms with Gasteiger partial charge in [0.1, 0.15) is 5.69 Å². The van der Waals surface area contributed by atoms with E-state index in [9.17, 15) is 4.39 Å². The Hall–Kier alpha value is -2.56. The highest BCUT2D eigenvalue weighted by atomic mass is 19.1. The van der Waals surface area contributed by atoms with Gasteiger partial charge in [-0.25, -0.2) is 14.4 Å². The molecule has 0 aliphatic carbocycles. The highest BCUT2D eigenvalue weighted by Crippen LogP contribution is 2.23. The van der Waals surface area contributed by atoms with E-state index in [1.165, 1.54) is 0 Å². The highest BCUT2D eigenvalue weighted by molar-refractivity contribution is 5.82. The number of aromatic nitrogens is 3. The summed E-state index contributed by atoms with van der Waals surface area (Å²) in [6, 6.07) is 9.55. The fourth-order valence-electron chi connectivity index (χ4n) is 1.89. The van der Waals surface area contributed by atoms with Crippen LogP contribution >= 0.6 is 0 Å². The molecule has 4 nitrogen and oxygen atoms in total. The summed E-state index contributed by atoms with van der Waals surface area (Å²) in [6.07, 6.45) is 2.77. The lowest BCUT2D eigenvalue weighted by Crippen LogP contribution is -2.00. The van der Waals surface area contributed by atoms with E-state index in [2.05, 4.69) is 20.3 Å². The van der Waals surface area contributed by atoms with Gasteiger partial charge in [-0.1, -0.05) is 18.2 Å². The van der Waals surface area contributed by atoms with Crippen molar-refractivity contribution in [2.24, 2.45) is 0 Å². The first-order valence-corrected chi connectivity index (χ1v) is 5.83. The molecular formula is C14H11FN4. The minimum absolute atomic E-state index is 0.248. The molecule has 0 unspecified atom stereocenters. The van der Waals surface area contributed by atoms with Crippen molar-refractivity contribution in [3.63, 3.8) is 0 Å². The van der Waals surface area contributed by atoms with Crippen LogP contribution in [0.25, 0.3) is 22.2 Å². The molecule has 0 aliphatic rings. The van der Waals surface area contributed by atoms with Crippen molar-refractivity contribution in [2.45, 2.75) is 0 Å². The maximum Gasteiger partial charge on any atom is 0.223 e. The van der Waals surface area contributed by atoms with Crippen molar-refractivity contribution in [1.82, 2.24) is 15.0 Å². The number of para-hydroxylation sites is 1. The largest absolute Gasteiger partial charge is 0.357 e. The highest BCUT2D eigenvalue weighted by Gasteiger charge is 2.10. The van der Waals surface area contributed by atoms with E-state index >= 15 is 0 Å². The number of fused-ring (bicyclic) bond motifs is 1. The normalized spacial score (nSPS) is 10.6. The molecule has 0 atom stereocenters. The van der Waals surface area contributed by atoms with Gasteiger partial charge in [-0.2, -0.15) is 0 Å². The lowest BCUT2D eigenvalue weighted by atomic mass is 10.1. The molecule has 3 rings (SSSR count). The topological polar surface area (TPSA) is 50.7 Å². The second-order valence-corrected chi connectivity index (χ2v) is 4.06. The van der Waals surface area contributed by atoms with Crippen molar-refractivity contribution < 1.29 is 4.39 Å². The molecular weight excluding hydrogens is 243 g/mol. The van der Waals surface area contributed by atoms with Gasteiger partial charge in [0.2, 0.25) is 5.95 Å². The second kappa shape index (κ2) is 4.61. The summed E-state index contributed by atoms with van der Waals surface area (Å²) in [4.78, 5) is 12.3. The van der Waals surface area contributed by atoms with Crippen molar-refractivity contribution in [3.05, 3.63) is 48.5 Å². The summed E-state index contributed by atoms with van der Waals surface area (Å²) >= 11 is 0. The Morgan fingerprint density at radius 3 is 2.79 bits per heavy atom. The van der Waals surface area contributed by atoms with Crippen LogP contribution in [0, 0.1) is 5.82 Å².